The Kier molecular flexibility index (Phi) is 3.97. The van der Waals surface area contributed by atoms with E-state index in [4.69, 9.17) is 0 Å². The lowest BCUT2D eigenvalue weighted by Crippen LogP contribution is -2.19. The molecule has 1 aromatic carbocycles. The summed E-state index contributed by atoms with van der Waals surface area (Å²) < 4.78 is 13.6. The molecule has 0 aliphatic heterocycles. The molecule has 1 aromatic rings. The molecule has 1 aliphatic carbocycles. The third-order valence-corrected chi connectivity index (χ3v) is 4.39. The number of hydrogen-bond donors (Lipinski definition) is 0. The standard InChI is InChI=1S/C14H16BrFO/c1-9-3-2-4-12(9)14(17)7-10-5-6-11(16)8-13(10)15/h5-6,8-9,12H,2-4,7H2,1H3. The largest absolute Gasteiger partial charge is 0.299 e. The molecule has 0 heterocycles. The predicted octanol–water partition coefficient (Wildman–Crippen LogP) is 4.14. The minimum atomic E-state index is -0.276. The molecule has 0 aromatic heterocycles. The Morgan fingerprint density at radius 3 is 2.82 bits per heavy atom. The highest BCUT2D eigenvalue weighted by atomic mass is 79.9. The van der Waals surface area contributed by atoms with Gasteiger partial charge in [0.25, 0.3) is 0 Å². The second-order valence-electron chi connectivity index (χ2n) is 4.89. The van der Waals surface area contributed by atoms with E-state index in [1.165, 1.54) is 12.1 Å². The molecule has 0 radical (unpaired) electrons. The summed E-state index contributed by atoms with van der Waals surface area (Å²) in [5.74, 6) is 0.721. The number of Topliss-reactive ketones (excluding diaryl/α,β-unsaturated/α-hetero) is 1. The Hall–Kier alpha value is -0.700. The van der Waals surface area contributed by atoms with Crippen LogP contribution in [0.25, 0.3) is 0 Å². The van der Waals surface area contributed by atoms with Gasteiger partial charge in [0.2, 0.25) is 0 Å². The predicted molar refractivity (Wildman–Crippen MR) is 69.3 cm³/mol. The number of rotatable bonds is 3. The molecule has 17 heavy (non-hydrogen) atoms. The van der Waals surface area contributed by atoms with E-state index in [2.05, 4.69) is 22.9 Å². The highest BCUT2D eigenvalue weighted by Gasteiger charge is 2.29. The van der Waals surface area contributed by atoms with Gasteiger partial charge in [0.1, 0.15) is 11.6 Å². The van der Waals surface area contributed by atoms with E-state index >= 15 is 0 Å². The van der Waals surface area contributed by atoms with Crippen LogP contribution in [0.3, 0.4) is 0 Å². The lowest BCUT2D eigenvalue weighted by molar-refractivity contribution is -0.123. The zero-order chi connectivity index (χ0) is 12.4. The number of hydrogen-bond acceptors (Lipinski definition) is 1. The van der Waals surface area contributed by atoms with E-state index in [-0.39, 0.29) is 11.7 Å². The molecule has 0 N–H and O–H groups in total. The molecule has 0 spiro atoms. The highest BCUT2D eigenvalue weighted by Crippen LogP contribution is 2.33. The lowest BCUT2D eigenvalue weighted by atomic mass is 9.90. The van der Waals surface area contributed by atoms with E-state index < -0.39 is 0 Å². The van der Waals surface area contributed by atoms with Gasteiger partial charge in [0.05, 0.1) is 0 Å². The average Bonchev–Trinajstić information content (AvgIpc) is 2.68. The minimum absolute atomic E-state index is 0.201. The second kappa shape index (κ2) is 5.30. The Morgan fingerprint density at radius 2 is 2.24 bits per heavy atom. The quantitative estimate of drug-likeness (QED) is 0.820. The fourth-order valence-electron chi connectivity index (χ4n) is 2.61. The molecule has 3 heteroatoms. The van der Waals surface area contributed by atoms with Gasteiger partial charge in [-0.15, -0.1) is 0 Å². The zero-order valence-corrected chi connectivity index (χ0v) is 11.5. The molecule has 2 unspecified atom stereocenters. The van der Waals surface area contributed by atoms with Gasteiger partial charge in [-0.2, -0.15) is 0 Å². The van der Waals surface area contributed by atoms with E-state index in [1.807, 2.05) is 0 Å². The summed E-state index contributed by atoms with van der Waals surface area (Å²) in [4.78, 5) is 12.1. The number of carbonyl (C=O) groups excluding carboxylic acids is 1. The summed E-state index contributed by atoms with van der Waals surface area (Å²) in [6.45, 7) is 2.15. The molecule has 0 saturated heterocycles. The summed E-state index contributed by atoms with van der Waals surface area (Å²) in [5, 5.41) is 0. The van der Waals surface area contributed by atoms with Gasteiger partial charge in [-0.25, -0.2) is 4.39 Å². The normalized spacial score (nSPS) is 23.9. The van der Waals surface area contributed by atoms with Crippen LogP contribution in [-0.2, 0) is 11.2 Å². The van der Waals surface area contributed by atoms with Crippen molar-refractivity contribution in [2.24, 2.45) is 11.8 Å². The number of halogens is 2. The monoisotopic (exact) mass is 298 g/mol. The molecule has 1 saturated carbocycles. The Morgan fingerprint density at radius 1 is 1.47 bits per heavy atom. The molecule has 1 nitrogen and oxygen atoms in total. The van der Waals surface area contributed by atoms with Crippen LogP contribution in [0.5, 0.6) is 0 Å². The number of ketones is 1. The lowest BCUT2D eigenvalue weighted by Gasteiger charge is -2.14. The zero-order valence-electron chi connectivity index (χ0n) is 9.88. The summed E-state index contributed by atoms with van der Waals surface area (Å²) in [7, 11) is 0. The molecular weight excluding hydrogens is 283 g/mol. The molecule has 92 valence electrons. The molecular formula is C14H16BrFO. The van der Waals surface area contributed by atoms with Crippen LogP contribution >= 0.6 is 15.9 Å². The van der Waals surface area contributed by atoms with Crippen molar-refractivity contribution in [3.05, 3.63) is 34.1 Å². The minimum Gasteiger partial charge on any atom is -0.299 e. The third-order valence-electron chi connectivity index (χ3n) is 3.65. The first-order valence-corrected chi connectivity index (χ1v) is 6.84. The van der Waals surface area contributed by atoms with Gasteiger partial charge in [0.15, 0.2) is 0 Å². The summed E-state index contributed by atoms with van der Waals surface area (Å²) in [6.07, 6.45) is 3.73. The Balaban J connectivity index is 2.07. The Bertz CT molecular complexity index is 430. The van der Waals surface area contributed by atoms with Crippen molar-refractivity contribution in [1.29, 1.82) is 0 Å². The van der Waals surface area contributed by atoms with Gasteiger partial charge < -0.3 is 0 Å². The van der Waals surface area contributed by atoms with Crippen molar-refractivity contribution >= 4 is 21.7 Å². The van der Waals surface area contributed by atoms with Crippen molar-refractivity contribution < 1.29 is 9.18 Å². The second-order valence-corrected chi connectivity index (χ2v) is 5.75. The van der Waals surface area contributed by atoms with E-state index in [0.717, 1.165) is 24.8 Å². The molecule has 2 atom stereocenters. The SMILES string of the molecule is CC1CCCC1C(=O)Cc1ccc(F)cc1Br. The van der Waals surface area contributed by atoms with Gasteiger partial charge in [-0.1, -0.05) is 35.3 Å². The summed E-state index contributed by atoms with van der Waals surface area (Å²) >= 11 is 3.31. The van der Waals surface area contributed by atoms with Gasteiger partial charge in [-0.05, 0) is 36.5 Å². The summed E-state index contributed by atoms with van der Waals surface area (Å²) in [5.41, 5.74) is 0.885. The third kappa shape index (κ3) is 2.95. The van der Waals surface area contributed by atoms with Crippen LogP contribution in [0.2, 0.25) is 0 Å². The molecule has 2 rings (SSSR count). The Labute approximate surface area is 110 Å². The molecule has 1 aliphatic rings. The van der Waals surface area contributed by atoms with Crippen LogP contribution in [0.4, 0.5) is 4.39 Å². The summed E-state index contributed by atoms with van der Waals surface area (Å²) in [6, 6.07) is 4.52. The van der Waals surface area contributed by atoms with E-state index in [1.54, 1.807) is 6.07 Å². The van der Waals surface area contributed by atoms with Crippen LogP contribution in [0.1, 0.15) is 31.7 Å². The maximum atomic E-state index is 12.9. The fraction of sp³-hybridized carbons (Fsp3) is 0.500. The maximum Gasteiger partial charge on any atom is 0.140 e. The highest BCUT2D eigenvalue weighted by molar-refractivity contribution is 9.10. The van der Waals surface area contributed by atoms with Gasteiger partial charge in [0, 0.05) is 16.8 Å². The van der Waals surface area contributed by atoms with Crippen LogP contribution in [0.15, 0.2) is 22.7 Å². The molecule has 0 amide bonds. The van der Waals surface area contributed by atoms with Crippen molar-refractivity contribution in [2.45, 2.75) is 32.6 Å². The van der Waals surface area contributed by atoms with Crippen molar-refractivity contribution in [2.75, 3.05) is 0 Å². The van der Waals surface area contributed by atoms with Crippen LogP contribution in [0, 0.1) is 17.7 Å². The van der Waals surface area contributed by atoms with Crippen LogP contribution < -0.4 is 0 Å². The fourth-order valence-corrected chi connectivity index (χ4v) is 3.10. The van der Waals surface area contributed by atoms with Gasteiger partial charge in [-0.3, -0.25) is 4.79 Å². The van der Waals surface area contributed by atoms with Gasteiger partial charge >= 0.3 is 0 Å². The average molecular weight is 299 g/mol. The van der Waals surface area contributed by atoms with E-state index in [0.29, 0.717) is 22.6 Å². The van der Waals surface area contributed by atoms with Crippen molar-refractivity contribution in [3.63, 3.8) is 0 Å². The maximum absolute atomic E-state index is 12.9. The topological polar surface area (TPSA) is 17.1 Å². The van der Waals surface area contributed by atoms with E-state index in [9.17, 15) is 9.18 Å². The number of benzene rings is 1. The smallest absolute Gasteiger partial charge is 0.140 e. The first-order chi connectivity index (χ1) is 8.08. The first-order valence-electron chi connectivity index (χ1n) is 6.04. The molecule has 0 bridgehead atoms. The first kappa shape index (κ1) is 12.7. The van der Waals surface area contributed by atoms with Crippen LogP contribution in [-0.4, -0.2) is 5.78 Å². The number of carbonyl (C=O) groups is 1. The molecule has 1 fully saturated rings. The van der Waals surface area contributed by atoms with Crippen molar-refractivity contribution in [1.82, 2.24) is 0 Å². The van der Waals surface area contributed by atoms with Crippen molar-refractivity contribution in [3.8, 4) is 0 Å².